The van der Waals surface area contributed by atoms with Gasteiger partial charge in [-0.1, -0.05) is 0 Å². The van der Waals surface area contributed by atoms with Gasteiger partial charge in [0.15, 0.2) is 0 Å². The van der Waals surface area contributed by atoms with Crippen LogP contribution in [-0.4, -0.2) is 4.98 Å². The molecule has 0 bridgehead atoms. The van der Waals surface area contributed by atoms with Gasteiger partial charge in [0, 0.05) is 12.1 Å². The number of hydrogen-bond acceptors (Lipinski definition) is 2. The number of anilines is 1. The average Bonchev–Trinajstić information content (AvgIpc) is 2.13. The van der Waals surface area contributed by atoms with Crippen LogP contribution >= 0.6 is 22.6 Å². The molecule has 0 aliphatic rings. The fourth-order valence-electron chi connectivity index (χ4n) is 1.45. The number of rotatable bonds is 0. The molecule has 2 rings (SSSR count). The first-order valence-electron chi connectivity index (χ1n) is 4.21. The van der Waals surface area contributed by atoms with Crippen LogP contribution in [0.2, 0.25) is 0 Å². The maximum atomic E-state index is 13.5. The highest BCUT2D eigenvalue weighted by atomic mass is 127. The highest BCUT2D eigenvalue weighted by Gasteiger charge is 2.12. The van der Waals surface area contributed by atoms with E-state index in [2.05, 4.69) is 4.98 Å². The summed E-state index contributed by atoms with van der Waals surface area (Å²) in [4.78, 5) is 4.09. The third-order valence-corrected chi connectivity index (χ3v) is 3.51. The minimum Gasteiger partial charge on any atom is -0.397 e. The normalized spacial score (nSPS) is 10.9. The molecule has 2 aromatic rings. The quantitative estimate of drug-likeness (QED) is 0.758. The van der Waals surface area contributed by atoms with E-state index < -0.39 is 11.6 Å². The third-order valence-electron chi connectivity index (χ3n) is 2.15. The van der Waals surface area contributed by atoms with Gasteiger partial charge in [-0.3, -0.25) is 4.98 Å². The number of nitrogen functional groups attached to an aromatic ring is 1. The highest BCUT2D eigenvalue weighted by Crippen LogP contribution is 2.29. The molecule has 1 aromatic carbocycles. The van der Waals surface area contributed by atoms with Gasteiger partial charge in [-0.15, -0.1) is 0 Å². The number of fused-ring (bicyclic) bond motifs is 1. The first-order valence-corrected chi connectivity index (χ1v) is 5.29. The van der Waals surface area contributed by atoms with Crippen molar-refractivity contribution in [1.29, 1.82) is 0 Å². The molecule has 1 heterocycles. The molecule has 0 aliphatic carbocycles. The van der Waals surface area contributed by atoms with E-state index in [0.717, 1.165) is 6.07 Å². The molecule has 2 N–H and O–H groups in total. The Hall–Kier alpha value is -0.980. The highest BCUT2D eigenvalue weighted by molar-refractivity contribution is 14.1. The topological polar surface area (TPSA) is 38.9 Å². The van der Waals surface area contributed by atoms with Gasteiger partial charge in [0.2, 0.25) is 0 Å². The van der Waals surface area contributed by atoms with E-state index in [1.54, 1.807) is 6.92 Å². The van der Waals surface area contributed by atoms with Crippen molar-refractivity contribution in [2.45, 2.75) is 6.92 Å². The van der Waals surface area contributed by atoms with Gasteiger partial charge in [-0.05, 0) is 29.5 Å². The number of nitrogens with zero attached hydrogens (tertiary/aromatic N) is 1. The van der Waals surface area contributed by atoms with Crippen molar-refractivity contribution in [2.75, 3.05) is 5.73 Å². The Morgan fingerprint density at radius 2 is 2.00 bits per heavy atom. The summed E-state index contributed by atoms with van der Waals surface area (Å²) in [7, 11) is 0. The van der Waals surface area contributed by atoms with Crippen LogP contribution in [0.5, 0.6) is 0 Å². The number of benzene rings is 1. The van der Waals surface area contributed by atoms with E-state index in [1.165, 1.54) is 6.07 Å². The fraction of sp³-hybridized carbons (Fsp3) is 0.100. The van der Waals surface area contributed by atoms with Crippen LogP contribution in [0.15, 0.2) is 12.1 Å². The molecule has 0 aliphatic heterocycles. The smallest absolute Gasteiger partial charge is 0.137 e. The molecular weight excluding hydrogens is 313 g/mol. The second kappa shape index (κ2) is 3.55. The molecule has 0 fully saturated rings. The van der Waals surface area contributed by atoms with Crippen molar-refractivity contribution in [3.8, 4) is 0 Å². The van der Waals surface area contributed by atoms with E-state index in [9.17, 15) is 8.78 Å². The van der Waals surface area contributed by atoms with Crippen molar-refractivity contribution >= 4 is 39.2 Å². The Kier molecular flexibility index (Phi) is 2.49. The molecule has 0 saturated heterocycles. The summed E-state index contributed by atoms with van der Waals surface area (Å²) < 4.78 is 27.1. The molecule has 0 saturated carbocycles. The van der Waals surface area contributed by atoms with Crippen LogP contribution in [0.3, 0.4) is 0 Å². The van der Waals surface area contributed by atoms with Gasteiger partial charge in [0.1, 0.15) is 11.6 Å². The molecule has 78 valence electrons. The minimum atomic E-state index is -0.673. The van der Waals surface area contributed by atoms with Gasteiger partial charge in [-0.25, -0.2) is 8.78 Å². The molecule has 0 spiro atoms. The average molecular weight is 320 g/mol. The summed E-state index contributed by atoms with van der Waals surface area (Å²) in [6.45, 7) is 1.75. The predicted molar refractivity (Wildman–Crippen MR) is 63.5 cm³/mol. The summed E-state index contributed by atoms with van der Waals surface area (Å²) in [5, 5.41) is 0.186. The molecule has 0 unspecified atom stereocenters. The zero-order valence-corrected chi connectivity index (χ0v) is 9.97. The molecule has 0 atom stereocenters. The van der Waals surface area contributed by atoms with Gasteiger partial charge < -0.3 is 5.73 Å². The second-order valence-electron chi connectivity index (χ2n) is 3.21. The summed E-state index contributed by atoms with van der Waals surface area (Å²) in [5.41, 5.74) is 7.00. The molecule has 0 amide bonds. The lowest BCUT2D eigenvalue weighted by Gasteiger charge is -2.07. The Labute approximate surface area is 98.6 Å². The summed E-state index contributed by atoms with van der Waals surface area (Å²) in [6.07, 6.45) is 0. The number of pyridine rings is 1. The van der Waals surface area contributed by atoms with Crippen LogP contribution in [0.1, 0.15) is 5.69 Å². The van der Waals surface area contributed by atoms with Crippen molar-refractivity contribution in [3.05, 3.63) is 33.0 Å². The van der Waals surface area contributed by atoms with E-state index in [-0.39, 0.29) is 10.9 Å². The van der Waals surface area contributed by atoms with Crippen LogP contribution in [0, 0.1) is 22.1 Å². The van der Waals surface area contributed by atoms with Gasteiger partial charge in [0.25, 0.3) is 0 Å². The second-order valence-corrected chi connectivity index (χ2v) is 4.29. The van der Waals surface area contributed by atoms with Crippen LogP contribution in [0.25, 0.3) is 10.9 Å². The zero-order chi connectivity index (χ0) is 11.2. The Bertz CT molecular complexity index is 555. The first-order chi connectivity index (χ1) is 7.00. The van der Waals surface area contributed by atoms with Crippen molar-refractivity contribution in [1.82, 2.24) is 4.98 Å². The molecule has 0 radical (unpaired) electrons. The van der Waals surface area contributed by atoms with E-state index in [0.29, 0.717) is 15.0 Å². The maximum absolute atomic E-state index is 13.5. The Morgan fingerprint density at radius 3 is 2.67 bits per heavy atom. The van der Waals surface area contributed by atoms with Crippen molar-refractivity contribution in [3.63, 3.8) is 0 Å². The van der Waals surface area contributed by atoms with Gasteiger partial charge in [-0.2, -0.15) is 0 Å². The molecule has 2 nitrogen and oxygen atoms in total. The number of nitrogens with two attached hydrogens (primary N) is 1. The molecule has 5 heteroatoms. The zero-order valence-electron chi connectivity index (χ0n) is 7.81. The Balaban J connectivity index is 2.99. The predicted octanol–water partition coefficient (Wildman–Crippen LogP) is 3.01. The monoisotopic (exact) mass is 320 g/mol. The van der Waals surface area contributed by atoms with Crippen LogP contribution < -0.4 is 5.73 Å². The summed E-state index contributed by atoms with van der Waals surface area (Å²) in [5.74, 6) is -1.32. The van der Waals surface area contributed by atoms with Gasteiger partial charge in [0.05, 0.1) is 25.9 Å². The number of hydrogen-bond donors (Lipinski definition) is 1. The van der Waals surface area contributed by atoms with Crippen LogP contribution in [0.4, 0.5) is 14.5 Å². The summed E-state index contributed by atoms with van der Waals surface area (Å²) >= 11 is 1.99. The van der Waals surface area contributed by atoms with Crippen LogP contribution in [-0.2, 0) is 0 Å². The molecule has 15 heavy (non-hydrogen) atoms. The molecule has 1 aromatic heterocycles. The van der Waals surface area contributed by atoms with Gasteiger partial charge >= 0.3 is 0 Å². The largest absolute Gasteiger partial charge is 0.397 e. The Morgan fingerprint density at radius 1 is 1.33 bits per heavy atom. The van der Waals surface area contributed by atoms with E-state index in [1.807, 2.05) is 22.6 Å². The molecular formula is C10H7F2IN2. The minimum absolute atomic E-state index is 0.186. The third kappa shape index (κ3) is 1.64. The summed E-state index contributed by atoms with van der Waals surface area (Å²) in [6, 6.07) is 1.99. The standard InChI is InChI=1S/C10H7F2IN2/c1-4-9(13)10(14)8-6(12)2-5(11)3-7(8)15-4/h2-3H,1H3,(H2,14,15). The first kappa shape index (κ1) is 10.5. The number of aromatic nitrogens is 1. The van der Waals surface area contributed by atoms with E-state index >= 15 is 0 Å². The SMILES string of the molecule is Cc1nc2cc(F)cc(F)c2c(N)c1I. The number of aryl methyl sites for hydroxylation is 1. The van der Waals surface area contributed by atoms with E-state index in [4.69, 9.17) is 5.73 Å². The fourth-order valence-corrected chi connectivity index (χ4v) is 1.84. The lowest BCUT2D eigenvalue weighted by Crippen LogP contribution is -2.00. The lowest BCUT2D eigenvalue weighted by atomic mass is 10.1. The maximum Gasteiger partial charge on any atom is 0.137 e. The van der Waals surface area contributed by atoms with Crippen molar-refractivity contribution < 1.29 is 8.78 Å². The lowest BCUT2D eigenvalue weighted by molar-refractivity contribution is 0.591. The number of halogens is 3. The van der Waals surface area contributed by atoms with Crippen molar-refractivity contribution in [2.24, 2.45) is 0 Å².